The third-order valence-corrected chi connectivity index (χ3v) is 1.50. The topological polar surface area (TPSA) is 54.7 Å². The lowest BCUT2D eigenvalue weighted by atomic mass is 10.2. The molecule has 3 nitrogen and oxygen atoms in total. The predicted octanol–water partition coefficient (Wildman–Crippen LogP) is 0.992. The number of nitrogens with zero attached hydrogens (tertiary/aromatic N) is 1. The molecule has 1 aromatic rings. The zero-order chi connectivity index (χ0) is 7.56. The molecule has 0 radical (unpaired) electrons. The second-order valence-electron chi connectivity index (χ2n) is 2.46. The van der Waals surface area contributed by atoms with Gasteiger partial charge in [0, 0.05) is 11.7 Å². The van der Waals surface area contributed by atoms with E-state index in [0.717, 1.165) is 17.8 Å². The van der Waals surface area contributed by atoms with E-state index in [-0.39, 0.29) is 6.04 Å². The molecule has 10 heavy (non-hydrogen) atoms. The molecule has 0 aromatic carbocycles. The van der Waals surface area contributed by atoms with Crippen LogP contribution in [-0.4, -0.2) is 10.2 Å². The van der Waals surface area contributed by atoms with E-state index in [1.807, 2.05) is 13.0 Å². The Morgan fingerprint density at radius 1 is 1.80 bits per heavy atom. The molecule has 56 valence electrons. The summed E-state index contributed by atoms with van der Waals surface area (Å²) >= 11 is 0. The Hall–Kier alpha value is -0.830. The van der Waals surface area contributed by atoms with Gasteiger partial charge in [-0.25, -0.2) is 0 Å². The van der Waals surface area contributed by atoms with E-state index in [2.05, 4.69) is 17.1 Å². The summed E-state index contributed by atoms with van der Waals surface area (Å²) in [5.41, 5.74) is 7.69. The summed E-state index contributed by atoms with van der Waals surface area (Å²) in [6, 6.07) is 2.04. The highest BCUT2D eigenvalue weighted by Crippen LogP contribution is 2.06. The minimum atomic E-state index is 0.0385. The second-order valence-corrected chi connectivity index (χ2v) is 2.46. The molecular formula is C7H13N3. The molecule has 0 unspecified atom stereocenters. The van der Waals surface area contributed by atoms with Crippen LogP contribution < -0.4 is 5.73 Å². The number of hydrogen-bond acceptors (Lipinski definition) is 2. The Morgan fingerprint density at radius 2 is 2.50 bits per heavy atom. The molecule has 0 spiro atoms. The quantitative estimate of drug-likeness (QED) is 0.642. The van der Waals surface area contributed by atoms with Crippen molar-refractivity contribution in [2.45, 2.75) is 26.3 Å². The van der Waals surface area contributed by atoms with Crippen molar-refractivity contribution in [3.8, 4) is 0 Å². The van der Waals surface area contributed by atoms with E-state index in [9.17, 15) is 0 Å². The van der Waals surface area contributed by atoms with Gasteiger partial charge < -0.3 is 5.73 Å². The minimum absolute atomic E-state index is 0.0385. The Kier molecular flexibility index (Phi) is 2.06. The van der Waals surface area contributed by atoms with Crippen LogP contribution in [-0.2, 0) is 6.42 Å². The first-order chi connectivity index (χ1) is 4.74. The predicted molar refractivity (Wildman–Crippen MR) is 40.6 cm³/mol. The smallest absolute Gasteiger partial charge is 0.0789 e. The molecule has 0 aliphatic carbocycles. The number of aryl methyl sites for hydroxylation is 1. The monoisotopic (exact) mass is 139 g/mol. The van der Waals surface area contributed by atoms with E-state index in [0.29, 0.717) is 0 Å². The van der Waals surface area contributed by atoms with Crippen LogP contribution in [0.25, 0.3) is 0 Å². The van der Waals surface area contributed by atoms with Gasteiger partial charge in [-0.3, -0.25) is 5.10 Å². The lowest BCUT2D eigenvalue weighted by molar-refractivity contribution is 0.771. The van der Waals surface area contributed by atoms with Crippen LogP contribution >= 0.6 is 0 Å². The van der Waals surface area contributed by atoms with E-state index in [4.69, 9.17) is 5.73 Å². The van der Waals surface area contributed by atoms with Crippen molar-refractivity contribution in [3.05, 3.63) is 17.5 Å². The van der Waals surface area contributed by atoms with Crippen molar-refractivity contribution in [2.24, 2.45) is 5.73 Å². The summed E-state index contributed by atoms with van der Waals surface area (Å²) in [5.74, 6) is 0. The maximum Gasteiger partial charge on any atom is 0.0789 e. The van der Waals surface area contributed by atoms with E-state index >= 15 is 0 Å². The van der Waals surface area contributed by atoms with Gasteiger partial charge in [-0.2, -0.15) is 5.10 Å². The molecule has 1 heterocycles. The van der Waals surface area contributed by atoms with Crippen molar-refractivity contribution < 1.29 is 0 Å². The molecule has 1 atom stereocenters. The zero-order valence-corrected chi connectivity index (χ0v) is 6.39. The van der Waals surface area contributed by atoms with Gasteiger partial charge in [0.15, 0.2) is 0 Å². The molecule has 1 rings (SSSR count). The average Bonchev–Trinajstić information content (AvgIpc) is 2.34. The largest absolute Gasteiger partial charge is 0.323 e. The van der Waals surface area contributed by atoms with Crippen molar-refractivity contribution in [1.29, 1.82) is 0 Å². The molecule has 3 heteroatoms. The molecule has 0 aliphatic heterocycles. The lowest BCUT2D eigenvalue weighted by Gasteiger charge is -1.95. The van der Waals surface area contributed by atoms with Gasteiger partial charge in [0.1, 0.15) is 0 Å². The fourth-order valence-electron chi connectivity index (χ4n) is 0.794. The summed E-state index contributed by atoms with van der Waals surface area (Å²) in [4.78, 5) is 0. The number of H-pyrrole nitrogens is 1. The first-order valence-corrected chi connectivity index (χ1v) is 3.53. The highest BCUT2D eigenvalue weighted by molar-refractivity contribution is 5.10. The fourth-order valence-corrected chi connectivity index (χ4v) is 0.794. The van der Waals surface area contributed by atoms with Gasteiger partial charge in [-0.1, -0.05) is 6.92 Å². The molecule has 0 fully saturated rings. The van der Waals surface area contributed by atoms with Crippen LogP contribution in [0.4, 0.5) is 0 Å². The fraction of sp³-hybridized carbons (Fsp3) is 0.571. The van der Waals surface area contributed by atoms with Crippen LogP contribution in [0.15, 0.2) is 6.07 Å². The van der Waals surface area contributed by atoms with E-state index < -0.39 is 0 Å². The third-order valence-electron chi connectivity index (χ3n) is 1.50. The number of aromatic amines is 1. The number of nitrogens with one attached hydrogen (secondary N) is 1. The van der Waals surface area contributed by atoms with Crippen molar-refractivity contribution in [3.63, 3.8) is 0 Å². The molecule has 0 aliphatic rings. The molecule has 3 N–H and O–H groups in total. The van der Waals surface area contributed by atoms with Crippen molar-refractivity contribution in [2.75, 3.05) is 0 Å². The average molecular weight is 139 g/mol. The molecule has 0 bridgehead atoms. The zero-order valence-electron chi connectivity index (χ0n) is 6.39. The van der Waals surface area contributed by atoms with Crippen LogP contribution in [0.2, 0.25) is 0 Å². The van der Waals surface area contributed by atoms with E-state index in [1.165, 1.54) is 0 Å². The molecule has 0 amide bonds. The second kappa shape index (κ2) is 2.84. The third kappa shape index (κ3) is 1.36. The van der Waals surface area contributed by atoms with Crippen LogP contribution in [0.3, 0.4) is 0 Å². The Labute approximate surface area is 60.6 Å². The lowest BCUT2D eigenvalue weighted by Crippen LogP contribution is -2.04. The summed E-state index contributed by atoms with van der Waals surface area (Å²) < 4.78 is 0. The van der Waals surface area contributed by atoms with Gasteiger partial charge in [0.05, 0.1) is 5.69 Å². The van der Waals surface area contributed by atoms with Gasteiger partial charge in [-0.15, -0.1) is 0 Å². The van der Waals surface area contributed by atoms with Crippen LogP contribution in [0, 0.1) is 0 Å². The Bertz CT molecular complexity index is 202. The Morgan fingerprint density at radius 3 is 2.80 bits per heavy atom. The SMILES string of the molecule is CCc1cc([C@H](C)N)n[nH]1. The number of rotatable bonds is 2. The van der Waals surface area contributed by atoms with Gasteiger partial charge >= 0.3 is 0 Å². The van der Waals surface area contributed by atoms with Crippen LogP contribution in [0.1, 0.15) is 31.3 Å². The summed E-state index contributed by atoms with van der Waals surface area (Å²) in [6.45, 7) is 4.01. The number of hydrogen-bond donors (Lipinski definition) is 2. The number of nitrogens with two attached hydrogens (primary N) is 1. The van der Waals surface area contributed by atoms with Gasteiger partial charge in [-0.05, 0) is 19.4 Å². The standard InChI is InChI=1S/C7H13N3/c1-3-6-4-7(5(2)8)10-9-6/h4-5H,3,8H2,1-2H3,(H,9,10)/t5-/m0/s1. The van der Waals surface area contributed by atoms with Crippen molar-refractivity contribution in [1.82, 2.24) is 10.2 Å². The normalized spacial score (nSPS) is 13.5. The first-order valence-electron chi connectivity index (χ1n) is 3.53. The minimum Gasteiger partial charge on any atom is -0.323 e. The summed E-state index contributed by atoms with van der Waals surface area (Å²) in [7, 11) is 0. The Balaban J connectivity index is 2.78. The van der Waals surface area contributed by atoms with Gasteiger partial charge in [0.2, 0.25) is 0 Å². The highest BCUT2D eigenvalue weighted by atomic mass is 15.1. The molecular weight excluding hydrogens is 126 g/mol. The maximum absolute atomic E-state index is 5.60. The van der Waals surface area contributed by atoms with Crippen molar-refractivity contribution >= 4 is 0 Å². The first kappa shape index (κ1) is 7.28. The highest BCUT2D eigenvalue weighted by Gasteiger charge is 2.02. The maximum atomic E-state index is 5.60. The summed E-state index contributed by atoms with van der Waals surface area (Å²) in [6.07, 6.45) is 0.986. The number of aromatic nitrogens is 2. The molecule has 1 aromatic heterocycles. The van der Waals surface area contributed by atoms with Gasteiger partial charge in [0.25, 0.3) is 0 Å². The molecule has 0 saturated carbocycles. The molecule has 0 saturated heterocycles. The van der Waals surface area contributed by atoms with Crippen LogP contribution in [0.5, 0.6) is 0 Å². The van der Waals surface area contributed by atoms with E-state index in [1.54, 1.807) is 0 Å². The summed E-state index contributed by atoms with van der Waals surface area (Å²) in [5, 5.41) is 6.94.